The number of hydrogen-bond acceptors (Lipinski definition) is 4. The van der Waals surface area contributed by atoms with Gasteiger partial charge in [0, 0.05) is 25.9 Å². The summed E-state index contributed by atoms with van der Waals surface area (Å²) in [5.74, 6) is 0.560. The smallest absolute Gasteiger partial charge is 0.409 e. The predicted molar refractivity (Wildman–Crippen MR) is 81.6 cm³/mol. The molecular weight excluding hydrogens is 306 g/mol. The van der Waals surface area contributed by atoms with Crippen LogP contribution in [-0.4, -0.2) is 42.1 Å². The summed E-state index contributed by atoms with van der Waals surface area (Å²) in [5, 5.41) is 0.432. The van der Waals surface area contributed by atoms with Gasteiger partial charge in [0.1, 0.15) is 11.4 Å². The fourth-order valence-corrected chi connectivity index (χ4v) is 3.37. The maximum atomic E-state index is 12.4. The SMILES string of the molecule is CCOC(=O)N1CCC2(CC1)CC(=O)c1c(Cl)cccc1O2. The van der Waals surface area contributed by atoms with Gasteiger partial charge < -0.3 is 14.4 Å². The minimum atomic E-state index is -0.530. The Bertz CT molecular complexity index is 608. The highest BCUT2D eigenvalue weighted by molar-refractivity contribution is 6.34. The molecule has 0 saturated carbocycles. The summed E-state index contributed by atoms with van der Waals surface area (Å²) in [7, 11) is 0. The van der Waals surface area contributed by atoms with Crippen LogP contribution in [0.15, 0.2) is 18.2 Å². The van der Waals surface area contributed by atoms with Crippen LogP contribution < -0.4 is 4.74 Å². The Kier molecular flexibility index (Phi) is 4.00. The summed E-state index contributed by atoms with van der Waals surface area (Å²) < 4.78 is 11.1. The van der Waals surface area contributed by atoms with Crippen molar-refractivity contribution in [3.8, 4) is 5.75 Å². The molecule has 1 saturated heterocycles. The number of piperidine rings is 1. The molecule has 0 unspecified atom stereocenters. The predicted octanol–water partition coefficient (Wildman–Crippen LogP) is 3.30. The van der Waals surface area contributed by atoms with Crippen LogP contribution >= 0.6 is 11.6 Å². The van der Waals surface area contributed by atoms with Gasteiger partial charge in [0.2, 0.25) is 0 Å². The van der Waals surface area contributed by atoms with Gasteiger partial charge in [-0.2, -0.15) is 0 Å². The van der Waals surface area contributed by atoms with Gasteiger partial charge >= 0.3 is 6.09 Å². The van der Waals surface area contributed by atoms with Crippen molar-refractivity contribution in [3.63, 3.8) is 0 Å². The largest absolute Gasteiger partial charge is 0.486 e. The van der Waals surface area contributed by atoms with E-state index in [-0.39, 0.29) is 11.9 Å². The summed E-state index contributed by atoms with van der Waals surface area (Å²) in [6.07, 6.45) is 1.23. The molecule has 2 heterocycles. The van der Waals surface area contributed by atoms with E-state index < -0.39 is 5.60 Å². The number of ketones is 1. The highest BCUT2D eigenvalue weighted by Gasteiger charge is 2.44. The molecule has 1 aromatic rings. The van der Waals surface area contributed by atoms with Crippen molar-refractivity contribution in [1.29, 1.82) is 0 Å². The minimum Gasteiger partial charge on any atom is -0.486 e. The average Bonchev–Trinajstić information content (AvgIpc) is 2.47. The maximum Gasteiger partial charge on any atom is 0.409 e. The molecule has 0 aromatic heterocycles. The van der Waals surface area contributed by atoms with E-state index in [1.165, 1.54) is 0 Å². The number of carbonyl (C=O) groups excluding carboxylic acids is 2. The number of amides is 1. The van der Waals surface area contributed by atoms with Crippen molar-refractivity contribution in [2.24, 2.45) is 0 Å². The lowest BCUT2D eigenvalue weighted by Crippen LogP contribution is -2.52. The maximum absolute atomic E-state index is 12.4. The zero-order chi connectivity index (χ0) is 15.7. The van der Waals surface area contributed by atoms with Crippen molar-refractivity contribution in [3.05, 3.63) is 28.8 Å². The third-order valence-electron chi connectivity index (χ3n) is 4.26. The molecule has 5 nitrogen and oxygen atoms in total. The molecular formula is C16H18ClNO4. The second kappa shape index (κ2) is 5.80. The van der Waals surface area contributed by atoms with Gasteiger partial charge in [0.05, 0.1) is 23.6 Å². The zero-order valence-corrected chi connectivity index (χ0v) is 13.2. The molecule has 1 spiro atoms. The highest BCUT2D eigenvalue weighted by Crippen LogP contribution is 2.41. The number of ether oxygens (including phenoxy) is 2. The van der Waals surface area contributed by atoms with Crippen molar-refractivity contribution < 1.29 is 19.1 Å². The number of rotatable bonds is 1. The lowest BCUT2D eigenvalue weighted by Gasteiger charge is -2.43. The van der Waals surface area contributed by atoms with E-state index >= 15 is 0 Å². The summed E-state index contributed by atoms with van der Waals surface area (Å²) in [5.41, 5.74) is -0.0554. The van der Waals surface area contributed by atoms with E-state index in [1.807, 2.05) is 0 Å². The second-order valence-electron chi connectivity index (χ2n) is 5.68. The van der Waals surface area contributed by atoms with Crippen LogP contribution in [0.5, 0.6) is 5.75 Å². The van der Waals surface area contributed by atoms with Crippen molar-refractivity contribution >= 4 is 23.5 Å². The first-order chi connectivity index (χ1) is 10.5. The van der Waals surface area contributed by atoms with Crippen LogP contribution in [0.25, 0.3) is 0 Å². The number of nitrogens with zero attached hydrogens (tertiary/aromatic N) is 1. The van der Waals surface area contributed by atoms with Gasteiger partial charge in [-0.3, -0.25) is 4.79 Å². The van der Waals surface area contributed by atoms with Crippen molar-refractivity contribution in [2.45, 2.75) is 31.8 Å². The molecule has 1 fully saturated rings. The highest BCUT2D eigenvalue weighted by atomic mass is 35.5. The quantitative estimate of drug-likeness (QED) is 0.795. The van der Waals surface area contributed by atoms with Gasteiger partial charge in [-0.25, -0.2) is 4.79 Å². The fraction of sp³-hybridized carbons (Fsp3) is 0.500. The van der Waals surface area contributed by atoms with Gasteiger partial charge in [-0.1, -0.05) is 17.7 Å². The van der Waals surface area contributed by atoms with Crippen LogP contribution in [0.1, 0.15) is 36.5 Å². The summed E-state index contributed by atoms with van der Waals surface area (Å²) >= 11 is 6.09. The average molecular weight is 324 g/mol. The van der Waals surface area contributed by atoms with Gasteiger partial charge in [-0.15, -0.1) is 0 Å². The van der Waals surface area contributed by atoms with Crippen LogP contribution in [0.2, 0.25) is 5.02 Å². The monoisotopic (exact) mass is 323 g/mol. The molecule has 0 radical (unpaired) electrons. The van der Waals surface area contributed by atoms with Crippen LogP contribution in [0.3, 0.4) is 0 Å². The van der Waals surface area contributed by atoms with Crippen molar-refractivity contribution in [2.75, 3.05) is 19.7 Å². The molecule has 0 bridgehead atoms. The summed E-state index contributed by atoms with van der Waals surface area (Å²) in [4.78, 5) is 25.8. The Labute approximate surface area is 134 Å². The molecule has 118 valence electrons. The Hall–Kier alpha value is -1.75. The molecule has 6 heteroatoms. The van der Waals surface area contributed by atoms with Crippen LogP contribution in [0.4, 0.5) is 4.79 Å². The number of benzene rings is 1. The summed E-state index contributed by atoms with van der Waals surface area (Å²) in [6, 6.07) is 5.25. The first kappa shape index (κ1) is 15.2. The van der Waals surface area contributed by atoms with E-state index in [4.69, 9.17) is 21.1 Å². The van der Waals surface area contributed by atoms with E-state index in [0.717, 1.165) is 0 Å². The lowest BCUT2D eigenvalue weighted by molar-refractivity contribution is -0.00856. The van der Waals surface area contributed by atoms with E-state index in [0.29, 0.717) is 55.3 Å². The van der Waals surface area contributed by atoms with Gasteiger partial charge in [-0.05, 0) is 19.1 Å². The number of hydrogen-bond donors (Lipinski definition) is 0. The Morgan fingerprint density at radius 1 is 1.41 bits per heavy atom. The molecule has 0 aliphatic carbocycles. The van der Waals surface area contributed by atoms with Gasteiger partial charge in [0.15, 0.2) is 5.78 Å². The standard InChI is InChI=1S/C16H18ClNO4/c1-2-21-15(20)18-8-6-16(7-9-18)10-12(19)14-11(17)4-3-5-13(14)22-16/h3-5H,2,6-10H2,1H3. The normalized spacial score (nSPS) is 19.5. The van der Waals surface area contributed by atoms with Crippen molar-refractivity contribution in [1.82, 2.24) is 4.90 Å². The second-order valence-corrected chi connectivity index (χ2v) is 6.09. The first-order valence-corrected chi connectivity index (χ1v) is 7.85. The molecule has 3 rings (SSSR count). The number of halogens is 1. The Morgan fingerprint density at radius 3 is 2.82 bits per heavy atom. The Balaban J connectivity index is 1.75. The third kappa shape index (κ3) is 2.65. The number of carbonyl (C=O) groups is 2. The van der Waals surface area contributed by atoms with Crippen LogP contribution in [-0.2, 0) is 4.74 Å². The molecule has 22 heavy (non-hydrogen) atoms. The first-order valence-electron chi connectivity index (χ1n) is 7.47. The topological polar surface area (TPSA) is 55.8 Å². The van der Waals surface area contributed by atoms with Gasteiger partial charge in [0.25, 0.3) is 0 Å². The van der Waals surface area contributed by atoms with E-state index in [1.54, 1.807) is 30.0 Å². The molecule has 2 aliphatic rings. The lowest BCUT2D eigenvalue weighted by atomic mass is 9.82. The fourth-order valence-electron chi connectivity index (χ4n) is 3.10. The molecule has 0 atom stereocenters. The molecule has 1 amide bonds. The zero-order valence-electron chi connectivity index (χ0n) is 12.4. The van der Waals surface area contributed by atoms with E-state index in [9.17, 15) is 9.59 Å². The molecule has 2 aliphatic heterocycles. The third-order valence-corrected chi connectivity index (χ3v) is 4.58. The Morgan fingerprint density at radius 2 is 2.14 bits per heavy atom. The number of likely N-dealkylation sites (tertiary alicyclic amines) is 1. The molecule has 0 N–H and O–H groups in total. The number of fused-ring (bicyclic) bond motifs is 1. The minimum absolute atomic E-state index is 0.0106. The molecule has 1 aromatic carbocycles. The summed E-state index contributed by atoms with van der Waals surface area (Å²) in [6.45, 7) is 3.21. The number of Topliss-reactive ketones (excluding diaryl/α,β-unsaturated/α-hetero) is 1. The van der Waals surface area contributed by atoms with E-state index in [2.05, 4.69) is 0 Å². The van der Waals surface area contributed by atoms with Crippen LogP contribution in [0, 0.1) is 0 Å².